The van der Waals surface area contributed by atoms with E-state index in [2.05, 4.69) is 0 Å². The number of piperidine rings is 1. The van der Waals surface area contributed by atoms with Gasteiger partial charge in [-0.2, -0.15) is 13.2 Å². The number of hydrogen-bond acceptors (Lipinski definition) is 2. The van der Waals surface area contributed by atoms with Crippen LogP contribution in [0.25, 0.3) is 0 Å². The lowest BCUT2D eigenvalue weighted by molar-refractivity contribution is -0.179. The topological polar surface area (TPSA) is 12.5 Å². The maximum atomic E-state index is 12.6. The van der Waals surface area contributed by atoms with Crippen LogP contribution in [0, 0.1) is 5.92 Å². The first-order valence-electron chi connectivity index (χ1n) is 6.41. The summed E-state index contributed by atoms with van der Waals surface area (Å²) in [7, 11) is 1.62. The molecular formula is C14H18F3NO. The van der Waals surface area contributed by atoms with Crippen LogP contribution in [0.4, 0.5) is 18.9 Å². The van der Waals surface area contributed by atoms with Crippen LogP contribution in [0.2, 0.25) is 0 Å². The summed E-state index contributed by atoms with van der Waals surface area (Å²) in [5, 5.41) is 0. The Morgan fingerprint density at radius 2 is 1.84 bits per heavy atom. The van der Waals surface area contributed by atoms with Crippen LogP contribution in [-0.4, -0.2) is 26.4 Å². The van der Waals surface area contributed by atoms with Crippen molar-refractivity contribution in [3.63, 3.8) is 0 Å². The summed E-state index contributed by atoms with van der Waals surface area (Å²) in [6.45, 7) is 1.38. The van der Waals surface area contributed by atoms with Gasteiger partial charge < -0.3 is 9.64 Å². The average Bonchev–Trinajstić information content (AvgIpc) is 2.39. The number of benzene rings is 1. The van der Waals surface area contributed by atoms with Gasteiger partial charge in [-0.1, -0.05) is 18.2 Å². The van der Waals surface area contributed by atoms with Crippen LogP contribution in [0.1, 0.15) is 18.4 Å². The lowest BCUT2D eigenvalue weighted by Gasteiger charge is -2.35. The summed E-state index contributed by atoms with van der Waals surface area (Å²) in [6.07, 6.45) is -3.71. The molecule has 1 aromatic carbocycles. The van der Waals surface area contributed by atoms with Gasteiger partial charge in [0.1, 0.15) is 0 Å². The molecule has 1 saturated heterocycles. The van der Waals surface area contributed by atoms with Gasteiger partial charge >= 0.3 is 6.18 Å². The summed E-state index contributed by atoms with van der Waals surface area (Å²) in [6, 6.07) is 7.72. The third-order valence-corrected chi connectivity index (χ3v) is 3.59. The first kappa shape index (κ1) is 14.2. The van der Waals surface area contributed by atoms with Crippen LogP contribution in [-0.2, 0) is 11.3 Å². The molecule has 0 aromatic heterocycles. The SMILES string of the molecule is COCc1ccccc1N1CCC(C(F)(F)F)CC1. The highest BCUT2D eigenvalue weighted by molar-refractivity contribution is 5.53. The fraction of sp³-hybridized carbons (Fsp3) is 0.571. The van der Waals surface area contributed by atoms with Gasteiger partial charge in [-0.15, -0.1) is 0 Å². The number of para-hydroxylation sites is 1. The van der Waals surface area contributed by atoms with Crippen molar-refractivity contribution < 1.29 is 17.9 Å². The number of nitrogens with zero attached hydrogens (tertiary/aromatic N) is 1. The Kier molecular flexibility index (Phi) is 4.34. The monoisotopic (exact) mass is 273 g/mol. The molecule has 0 spiro atoms. The van der Waals surface area contributed by atoms with Gasteiger partial charge in [-0.05, 0) is 18.9 Å². The number of alkyl halides is 3. The number of anilines is 1. The van der Waals surface area contributed by atoms with Crippen LogP contribution < -0.4 is 4.90 Å². The third kappa shape index (κ3) is 3.41. The summed E-state index contributed by atoms with van der Waals surface area (Å²) < 4.78 is 43.0. The highest BCUT2D eigenvalue weighted by Crippen LogP contribution is 2.36. The Hall–Kier alpha value is -1.23. The van der Waals surface area contributed by atoms with Crippen LogP contribution in [0.15, 0.2) is 24.3 Å². The number of ether oxygens (including phenoxy) is 1. The van der Waals surface area contributed by atoms with E-state index in [0.29, 0.717) is 19.7 Å². The normalized spacial score (nSPS) is 17.8. The van der Waals surface area contributed by atoms with E-state index in [9.17, 15) is 13.2 Å². The molecule has 0 unspecified atom stereocenters. The zero-order valence-electron chi connectivity index (χ0n) is 10.9. The number of hydrogen-bond donors (Lipinski definition) is 0. The molecule has 0 amide bonds. The number of halogens is 3. The van der Waals surface area contributed by atoms with Gasteiger partial charge in [0.2, 0.25) is 0 Å². The van der Waals surface area contributed by atoms with Gasteiger partial charge in [0.05, 0.1) is 12.5 Å². The molecule has 0 atom stereocenters. The Morgan fingerprint density at radius 1 is 1.21 bits per heavy atom. The molecule has 1 aromatic rings. The van der Waals surface area contributed by atoms with E-state index in [1.54, 1.807) is 7.11 Å². The van der Waals surface area contributed by atoms with Crippen molar-refractivity contribution in [3.8, 4) is 0 Å². The van der Waals surface area contributed by atoms with Crippen LogP contribution in [0.5, 0.6) is 0 Å². The van der Waals surface area contributed by atoms with E-state index in [1.807, 2.05) is 29.2 Å². The van der Waals surface area contributed by atoms with Crippen molar-refractivity contribution in [1.29, 1.82) is 0 Å². The Morgan fingerprint density at radius 3 is 2.42 bits per heavy atom. The largest absolute Gasteiger partial charge is 0.391 e. The third-order valence-electron chi connectivity index (χ3n) is 3.59. The fourth-order valence-electron chi connectivity index (χ4n) is 2.54. The summed E-state index contributed by atoms with van der Waals surface area (Å²) >= 11 is 0. The maximum Gasteiger partial charge on any atom is 0.391 e. The lowest BCUT2D eigenvalue weighted by atomic mass is 9.95. The average molecular weight is 273 g/mol. The fourth-order valence-corrected chi connectivity index (χ4v) is 2.54. The van der Waals surface area contributed by atoms with E-state index in [-0.39, 0.29) is 12.8 Å². The van der Waals surface area contributed by atoms with Crippen molar-refractivity contribution in [2.24, 2.45) is 5.92 Å². The maximum absolute atomic E-state index is 12.6. The minimum absolute atomic E-state index is 0.171. The van der Waals surface area contributed by atoms with E-state index in [0.717, 1.165) is 11.3 Å². The molecule has 0 bridgehead atoms. The van der Waals surface area contributed by atoms with Gasteiger partial charge in [-0.25, -0.2) is 0 Å². The number of methoxy groups -OCH3 is 1. The highest BCUT2D eigenvalue weighted by atomic mass is 19.4. The first-order chi connectivity index (χ1) is 9.02. The zero-order chi connectivity index (χ0) is 13.9. The molecule has 0 radical (unpaired) electrons. The van der Waals surface area contributed by atoms with Crippen molar-refractivity contribution in [1.82, 2.24) is 0 Å². The molecule has 1 fully saturated rings. The Bertz CT molecular complexity index is 411. The quantitative estimate of drug-likeness (QED) is 0.834. The zero-order valence-corrected chi connectivity index (χ0v) is 10.9. The predicted molar refractivity (Wildman–Crippen MR) is 68.1 cm³/mol. The molecule has 0 saturated carbocycles. The van der Waals surface area contributed by atoms with E-state index < -0.39 is 12.1 Å². The van der Waals surface area contributed by atoms with Gasteiger partial charge in [0.25, 0.3) is 0 Å². The van der Waals surface area contributed by atoms with Crippen molar-refractivity contribution >= 4 is 5.69 Å². The van der Waals surface area contributed by atoms with E-state index in [4.69, 9.17) is 4.74 Å². The highest BCUT2D eigenvalue weighted by Gasteiger charge is 2.41. The minimum atomic E-state index is -4.06. The minimum Gasteiger partial charge on any atom is -0.380 e. The number of rotatable bonds is 3. The molecule has 19 heavy (non-hydrogen) atoms. The van der Waals surface area contributed by atoms with Crippen molar-refractivity contribution in [2.75, 3.05) is 25.1 Å². The van der Waals surface area contributed by atoms with Gasteiger partial charge in [0, 0.05) is 31.5 Å². The van der Waals surface area contributed by atoms with Crippen molar-refractivity contribution in [3.05, 3.63) is 29.8 Å². The molecule has 1 aliphatic heterocycles. The standard InChI is InChI=1S/C14H18F3NO/c1-19-10-11-4-2-3-5-13(11)18-8-6-12(7-9-18)14(15,16)17/h2-5,12H,6-10H2,1H3. The smallest absolute Gasteiger partial charge is 0.380 e. The second-order valence-electron chi connectivity index (χ2n) is 4.86. The predicted octanol–water partition coefficient (Wildman–Crippen LogP) is 3.61. The molecule has 5 heteroatoms. The van der Waals surface area contributed by atoms with Gasteiger partial charge in [0.15, 0.2) is 0 Å². The molecule has 1 heterocycles. The second kappa shape index (κ2) is 5.82. The summed E-state index contributed by atoms with van der Waals surface area (Å²) in [5.74, 6) is -1.15. The summed E-state index contributed by atoms with van der Waals surface area (Å²) in [5.41, 5.74) is 2.01. The summed E-state index contributed by atoms with van der Waals surface area (Å²) in [4.78, 5) is 2.02. The Labute approximate surface area is 111 Å². The Balaban J connectivity index is 2.05. The van der Waals surface area contributed by atoms with Crippen LogP contribution in [0.3, 0.4) is 0 Å². The van der Waals surface area contributed by atoms with Crippen LogP contribution >= 0.6 is 0 Å². The molecule has 106 valence electrons. The molecule has 0 aliphatic carbocycles. The van der Waals surface area contributed by atoms with Gasteiger partial charge in [-0.3, -0.25) is 0 Å². The molecule has 2 rings (SSSR count). The van der Waals surface area contributed by atoms with E-state index in [1.165, 1.54) is 0 Å². The molecule has 2 nitrogen and oxygen atoms in total. The first-order valence-corrected chi connectivity index (χ1v) is 6.41. The molecular weight excluding hydrogens is 255 g/mol. The second-order valence-corrected chi connectivity index (χ2v) is 4.86. The van der Waals surface area contributed by atoms with Crippen molar-refractivity contribution in [2.45, 2.75) is 25.6 Å². The van der Waals surface area contributed by atoms with E-state index >= 15 is 0 Å². The molecule has 1 aliphatic rings. The lowest BCUT2D eigenvalue weighted by Crippen LogP contribution is -2.39. The molecule has 0 N–H and O–H groups in total.